The van der Waals surface area contributed by atoms with Crippen LogP contribution in [0.4, 0.5) is 0 Å². The molecular formula is C26H24N4O2. The van der Waals surface area contributed by atoms with Crippen LogP contribution < -0.4 is 5.32 Å². The van der Waals surface area contributed by atoms with Gasteiger partial charge in [-0.2, -0.15) is 5.10 Å². The predicted molar refractivity (Wildman–Crippen MR) is 125 cm³/mol. The van der Waals surface area contributed by atoms with Crippen molar-refractivity contribution in [3.05, 3.63) is 78.5 Å². The summed E-state index contributed by atoms with van der Waals surface area (Å²) in [6.45, 7) is 0.507. The number of likely N-dealkylation sites (N-methyl/N-ethyl adjacent to an activating group) is 1. The number of fused-ring (bicyclic) bond motifs is 1. The van der Waals surface area contributed by atoms with E-state index in [1.54, 1.807) is 18.1 Å². The van der Waals surface area contributed by atoms with E-state index in [9.17, 15) is 9.59 Å². The molecule has 2 heterocycles. The van der Waals surface area contributed by atoms with Gasteiger partial charge in [-0.05, 0) is 46.5 Å². The summed E-state index contributed by atoms with van der Waals surface area (Å²) < 4.78 is 0. The molecule has 32 heavy (non-hydrogen) atoms. The lowest BCUT2D eigenvalue weighted by Gasteiger charge is -2.22. The topological polar surface area (TPSA) is 78.1 Å². The molecule has 1 unspecified atom stereocenters. The van der Waals surface area contributed by atoms with E-state index < -0.39 is 0 Å². The molecule has 1 atom stereocenters. The van der Waals surface area contributed by atoms with Crippen molar-refractivity contribution in [3.63, 3.8) is 0 Å². The van der Waals surface area contributed by atoms with Gasteiger partial charge in [-0.1, -0.05) is 48.5 Å². The fourth-order valence-electron chi connectivity index (χ4n) is 4.45. The van der Waals surface area contributed by atoms with Gasteiger partial charge in [-0.3, -0.25) is 14.7 Å². The van der Waals surface area contributed by atoms with E-state index in [1.165, 1.54) is 0 Å². The van der Waals surface area contributed by atoms with Crippen molar-refractivity contribution in [2.24, 2.45) is 0 Å². The Bertz CT molecular complexity index is 1300. The molecule has 0 bridgehead atoms. The molecule has 160 valence electrons. The largest absolute Gasteiger partial charge is 0.352 e. The molecule has 6 nitrogen and oxygen atoms in total. The molecule has 0 spiro atoms. The Morgan fingerprint density at radius 2 is 1.81 bits per heavy atom. The Hall–Kier alpha value is -3.93. The number of rotatable bonds is 5. The van der Waals surface area contributed by atoms with Crippen molar-refractivity contribution in [1.82, 2.24) is 20.4 Å². The van der Waals surface area contributed by atoms with Crippen LogP contribution in [0, 0.1) is 0 Å². The number of hydrogen-bond donors (Lipinski definition) is 2. The highest BCUT2D eigenvalue weighted by Crippen LogP contribution is 2.33. The van der Waals surface area contributed by atoms with E-state index in [0.717, 1.165) is 39.6 Å². The highest BCUT2D eigenvalue weighted by Gasteiger charge is 2.24. The Kier molecular flexibility index (Phi) is 5.19. The zero-order valence-corrected chi connectivity index (χ0v) is 17.8. The zero-order chi connectivity index (χ0) is 22.1. The lowest BCUT2D eigenvalue weighted by atomic mass is 9.94. The highest BCUT2D eigenvalue weighted by atomic mass is 16.2. The number of carbonyl (C=O) groups is 2. The van der Waals surface area contributed by atoms with Crippen LogP contribution in [0.3, 0.4) is 0 Å². The minimum absolute atomic E-state index is 0.0206. The summed E-state index contributed by atoms with van der Waals surface area (Å²) in [6, 6.07) is 22.2. The van der Waals surface area contributed by atoms with E-state index in [0.29, 0.717) is 18.5 Å². The smallest absolute Gasteiger partial charge is 0.254 e. The molecule has 1 aliphatic heterocycles. The quantitative estimate of drug-likeness (QED) is 0.503. The van der Waals surface area contributed by atoms with Crippen molar-refractivity contribution in [2.45, 2.75) is 18.9 Å². The van der Waals surface area contributed by atoms with Crippen LogP contribution in [0.25, 0.3) is 33.2 Å². The Balaban J connectivity index is 1.50. The van der Waals surface area contributed by atoms with Gasteiger partial charge in [0, 0.05) is 43.4 Å². The van der Waals surface area contributed by atoms with E-state index in [-0.39, 0.29) is 17.9 Å². The van der Waals surface area contributed by atoms with Crippen LogP contribution >= 0.6 is 0 Å². The monoisotopic (exact) mass is 424 g/mol. The fraction of sp³-hybridized carbons (Fsp3) is 0.192. The number of benzene rings is 3. The molecule has 2 amide bonds. The van der Waals surface area contributed by atoms with Crippen molar-refractivity contribution in [2.75, 3.05) is 13.6 Å². The summed E-state index contributed by atoms with van der Waals surface area (Å²) in [5.41, 5.74) is 4.84. The van der Waals surface area contributed by atoms with Gasteiger partial charge in [0.1, 0.15) is 0 Å². The van der Waals surface area contributed by atoms with E-state index in [1.807, 2.05) is 42.5 Å². The van der Waals surface area contributed by atoms with Gasteiger partial charge in [-0.25, -0.2) is 0 Å². The summed E-state index contributed by atoms with van der Waals surface area (Å²) in [4.78, 5) is 26.5. The van der Waals surface area contributed by atoms with Crippen LogP contribution in [-0.2, 0) is 4.79 Å². The summed E-state index contributed by atoms with van der Waals surface area (Å²) in [6.07, 6.45) is 3.04. The molecular weight excluding hydrogens is 400 g/mol. The summed E-state index contributed by atoms with van der Waals surface area (Å²) in [5, 5.41) is 11.9. The van der Waals surface area contributed by atoms with E-state index in [4.69, 9.17) is 0 Å². The lowest BCUT2D eigenvalue weighted by Crippen LogP contribution is -2.39. The van der Waals surface area contributed by atoms with Gasteiger partial charge in [-0.15, -0.1) is 0 Å². The maximum Gasteiger partial charge on any atom is 0.254 e. The summed E-state index contributed by atoms with van der Waals surface area (Å²) >= 11 is 0. The van der Waals surface area contributed by atoms with E-state index in [2.05, 4.69) is 39.8 Å². The second-order valence-corrected chi connectivity index (χ2v) is 8.25. The third-order valence-electron chi connectivity index (χ3n) is 6.06. The van der Waals surface area contributed by atoms with Crippen LogP contribution in [-0.4, -0.2) is 46.5 Å². The normalized spacial score (nSPS) is 15.7. The third-order valence-corrected chi connectivity index (χ3v) is 6.06. The Labute approximate surface area is 186 Å². The first-order chi connectivity index (χ1) is 15.6. The molecule has 0 aliphatic carbocycles. The van der Waals surface area contributed by atoms with Crippen molar-refractivity contribution in [1.29, 1.82) is 0 Å². The first-order valence-corrected chi connectivity index (χ1v) is 10.8. The minimum atomic E-state index is -0.0416. The predicted octanol–water partition coefficient (Wildman–Crippen LogP) is 4.25. The molecule has 1 saturated heterocycles. The second kappa shape index (κ2) is 8.30. The molecule has 6 heteroatoms. The number of H-pyrrole nitrogens is 1. The van der Waals surface area contributed by atoms with Gasteiger partial charge < -0.3 is 10.2 Å². The molecule has 3 aromatic carbocycles. The molecule has 1 aromatic heterocycles. The number of aromatic amines is 1. The number of amides is 2. The Morgan fingerprint density at radius 1 is 1.03 bits per heavy atom. The van der Waals surface area contributed by atoms with Crippen LogP contribution in [0.2, 0.25) is 0 Å². The van der Waals surface area contributed by atoms with Crippen molar-refractivity contribution in [3.8, 4) is 22.4 Å². The number of carbonyl (C=O) groups excluding carboxylic acids is 2. The summed E-state index contributed by atoms with van der Waals surface area (Å²) in [5.74, 6) is 0.0168. The molecule has 4 aromatic rings. The van der Waals surface area contributed by atoms with Gasteiger partial charge >= 0.3 is 0 Å². The van der Waals surface area contributed by atoms with Gasteiger partial charge in [0.2, 0.25) is 5.91 Å². The maximum absolute atomic E-state index is 13.3. The van der Waals surface area contributed by atoms with Crippen LogP contribution in [0.5, 0.6) is 0 Å². The third kappa shape index (κ3) is 3.75. The van der Waals surface area contributed by atoms with Gasteiger partial charge in [0.15, 0.2) is 0 Å². The summed E-state index contributed by atoms with van der Waals surface area (Å²) in [7, 11) is 1.80. The molecule has 1 aliphatic rings. The molecule has 5 rings (SSSR count). The van der Waals surface area contributed by atoms with Gasteiger partial charge in [0.25, 0.3) is 5.91 Å². The first-order valence-electron chi connectivity index (χ1n) is 10.8. The fourth-order valence-corrected chi connectivity index (χ4v) is 4.45. The standard InChI is InChI=1S/C26H24N4O2/c1-30(16-19-11-12-25(31)28-19)26(32)23-10-4-8-21-20(7-3-9-22(21)23)17-5-2-6-18(15-17)24-13-14-27-29-24/h2-10,13-15,19H,11-12,16H2,1H3,(H,27,29)(H,28,31). The number of aromatic nitrogens is 2. The van der Waals surface area contributed by atoms with Gasteiger partial charge in [0.05, 0.1) is 5.69 Å². The lowest BCUT2D eigenvalue weighted by molar-refractivity contribution is -0.119. The first kappa shape index (κ1) is 20.0. The molecule has 2 N–H and O–H groups in total. The van der Waals surface area contributed by atoms with E-state index >= 15 is 0 Å². The minimum Gasteiger partial charge on any atom is -0.352 e. The molecule has 1 fully saturated rings. The second-order valence-electron chi connectivity index (χ2n) is 8.25. The van der Waals surface area contributed by atoms with Crippen molar-refractivity contribution < 1.29 is 9.59 Å². The Morgan fingerprint density at radius 3 is 2.59 bits per heavy atom. The molecule has 0 saturated carbocycles. The van der Waals surface area contributed by atoms with Crippen LogP contribution in [0.1, 0.15) is 23.2 Å². The average Bonchev–Trinajstić information content (AvgIpc) is 3.50. The highest BCUT2D eigenvalue weighted by molar-refractivity contribution is 6.10. The zero-order valence-electron chi connectivity index (χ0n) is 17.8. The molecule has 0 radical (unpaired) electrons. The van der Waals surface area contributed by atoms with Crippen molar-refractivity contribution >= 4 is 22.6 Å². The SMILES string of the molecule is CN(CC1CCC(=O)N1)C(=O)c1cccc2c(-c3cccc(-c4ccn[nH]4)c3)cccc12. The number of nitrogens with zero attached hydrogens (tertiary/aromatic N) is 2. The van der Waals surface area contributed by atoms with Crippen LogP contribution in [0.15, 0.2) is 72.9 Å². The number of nitrogens with one attached hydrogen (secondary N) is 2. The maximum atomic E-state index is 13.3. The average molecular weight is 425 g/mol. The number of hydrogen-bond acceptors (Lipinski definition) is 3.